The molecule has 5 heteroatoms. The zero-order chi connectivity index (χ0) is 21.5. The fraction of sp³-hybridized carbons (Fsp3) is 0.115. The van der Waals surface area contributed by atoms with Gasteiger partial charge in [0, 0.05) is 12.0 Å². The molecule has 5 nitrogen and oxygen atoms in total. The van der Waals surface area contributed by atoms with Crippen molar-refractivity contribution < 1.29 is 9.90 Å². The zero-order valence-corrected chi connectivity index (χ0v) is 17.0. The van der Waals surface area contributed by atoms with Crippen molar-refractivity contribution in [2.45, 2.75) is 19.4 Å². The second-order valence-corrected chi connectivity index (χ2v) is 7.28. The van der Waals surface area contributed by atoms with Gasteiger partial charge in [-0.15, -0.1) is 0 Å². The van der Waals surface area contributed by atoms with Crippen molar-refractivity contribution in [3.05, 3.63) is 114 Å². The molecule has 1 amide bonds. The lowest BCUT2D eigenvalue weighted by Gasteiger charge is -2.12. The average Bonchev–Trinajstić information content (AvgIpc) is 2.81. The van der Waals surface area contributed by atoms with Gasteiger partial charge in [-0.1, -0.05) is 84.9 Å². The number of nitrogens with zero attached hydrogens (tertiary/aromatic N) is 2. The number of hydrogen-bond donors (Lipinski definition) is 2. The second kappa shape index (κ2) is 9.78. The van der Waals surface area contributed by atoms with E-state index in [0.717, 1.165) is 27.9 Å². The summed E-state index contributed by atoms with van der Waals surface area (Å²) < 4.78 is 0. The predicted octanol–water partition coefficient (Wildman–Crippen LogP) is 4.41. The topological polar surface area (TPSA) is 75.1 Å². The Labute approximate surface area is 181 Å². The lowest BCUT2D eigenvalue weighted by Crippen LogP contribution is -2.17. The van der Waals surface area contributed by atoms with Crippen LogP contribution in [0.3, 0.4) is 0 Å². The van der Waals surface area contributed by atoms with Crippen molar-refractivity contribution in [1.29, 1.82) is 0 Å². The molecule has 4 aromatic rings. The summed E-state index contributed by atoms with van der Waals surface area (Å²) in [6.07, 6.45) is 2.50. The molecule has 0 aliphatic heterocycles. The maximum atomic E-state index is 12.6. The first-order valence-electron chi connectivity index (χ1n) is 10.1. The summed E-state index contributed by atoms with van der Waals surface area (Å²) in [5, 5.41) is 12.2. The first-order valence-corrected chi connectivity index (χ1v) is 10.1. The van der Waals surface area contributed by atoms with E-state index in [2.05, 4.69) is 10.3 Å². The highest BCUT2D eigenvalue weighted by molar-refractivity contribution is 5.92. The van der Waals surface area contributed by atoms with Gasteiger partial charge < -0.3 is 10.4 Å². The number of aliphatic hydroxyl groups excluding tert-OH is 1. The largest absolute Gasteiger partial charge is 0.392 e. The number of hydrogen-bond acceptors (Lipinski definition) is 4. The van der Waals surface area contributed by atoms with Crippen molar-refractivity contribution in [3.63, 3.8) is 0 Å². The summed E-state index contributed by atoms with van der Waals surface area (Å²) in [6.45, 7) is -0.00238. The molecule has 0 saturated heterocycles. The molecule has 2 N–H and O–H groups in total. The van der Waals surface area contributed by atoms with Crippen molar-refractivity contribution in [3.8, 4) is 11.3 Å². The van der Waals surface area contributed by atoms with Crippen LogP contribution in [0.1, 0.15) is 22.4 Å². The van der Waals surface area contributed by atoms with E-state index >= 15 is 0 Å². The minimum Gasteiger partial charge on any atom is -0.392 e. The summed E-state index contributed by atoms with van der Waals surface area (Å²) in [7, 11) is 0. The molecule has 4 rings (SSSR count). The van der Waals surface area contributed by atoms with Crippen LogP contribution < -0.4 is 5.32 Å². The van der Waals surface area contributed by atoms with E-state index in [1.165, 1.54) is 0 Å². The lowest BCUT2D eigenvalue weighted by atomic mass is 10.1. The van der Waals surface area contributed by atoms with E-state index in [-0.39, 0.29) is 18.9 Å². The van der Waals surface area contributed by atoms with E-state index < -0.39 is 0 Å². The van der Waals surface area contributed by atoms with Crippen LogP contribution in [0.2, 0.25) is 0 Å². The maximum absolute atomic E-state index is 12.6. The van der Waals surface area contributed by atoms with E-state index in [0.29, 0.717) is 17.9 Å². The summed E-state index contributed by atoms with van der Waals surface area (Å²) in [4.78, 5) is 22.0. The van der Waals surface area contributed by atoms with E-state index in [4.69, 9.17) is 4.98 Å². The van der Waals surface area contributed by atoms with Gasteiger partial charge in [0.15, 0.2) is 5.82 Å². The smallest absolute Gasteiger partial charge is 0.229 e. The van der Waals surface area contributed by atoms with Gasteiger partial charge in [0.1, 0.15) is 0 Å². The predicted molar refractivity (Wildman–Crippen MR) is 121 cm³/mol. The van der Waals surface area contributed by atoms with E-state index in [1.54, 1.807) is 6.20 Å². The van der Waals surface area contributed by atoms with Gasteiger partial charge in [-0.25, -0.2) is 9.97 Å². The monoisotopic (exact) mass is 409 g/mol. The zero-order valence-electron chi connectivity index (χ0n) is 17.0. The highest BCUT2D eigenvalue weighted by Crippen LogP contribution is 2.22. The summed E-state index contributed by atoms with van der Waals surface area (Å²) >= 11 is 0. The summed E-state index contributed by atoms with van der Waals surface area (Å²) in [5.74, 6) is 0.343. The normalized spacial score (nSPS) is 10.6. The number of nitrogens with one attached hydrogen (secondary N) is 1. The van der Waals surface area contributed by atoms with Gasteiger partial charge in [-0.3, -0.25) is 4.79 Å². The molecule has 1 heterocycles. The number of aromatic nitrogens is 2. The molecule has 3 aromatic carbocycles. The lowest BCUT2D eigenvalue weighted by molar-refractivity contribution is -0.115. The second-order valence-electron chi connectivity index (χ2n) is 7.28. The maximum Gasteiger partial charge on any atom is 0.229 e. The van der Waals surface area contributed by atoms with Crippen LogP contribution in [-0.4, -0.2) is 21.0 Å². The number of amides is 1. The average molecular weight is 409 g/mol. The number of benzene rings is 3. The third-order valence-corrected chi connectivity index (χ3v) is 4.96. The van der Waals surface area contributed by atoms with Crippen LogP contribution in [0, 0.1) is 0 Å². The van der Waals surface area contributed by atoms with Gasteiger partial charge in [0.05, 0.1) is 30.6 Å². The minimum atomic E-state index is -0.130. The number of anilines is 1. The van der Waals surface area contributed by atoms with Crippen LogP contribution in [0.4, 0.5) is 5.82 Å². The molecule has 0 spiro atoms. The number of carbonyl (C=O) groups is 1. The highest BCUT2D eigenvalue weighted by atomic mass is 16.3. The molecule has 0 unspecified atom stereocenters. The van der Waals surface area contributed by atoms with Crippen LogP contribution in [0.5, 0.6) is 0 Å². The molecule has 0 atom stereocenters. The Morgan fingerprint density at radius 1 is 0.806 bits per heavy atom. The third kappa shape index (κ3) is 5.41. The summed E-state index contributed by atoms with van der Waals surface area (Å²) in [5.41, 5.74) is 5.20. The standard InChI is InChI=1S/C26H23N3O2/c30-18-21-11-13-22(14-12-21)24-17-27-26(23(28-24)15-19-7-3-1-4-8-19)29-25(31)16-20-9-5-2-6-10-20/h1-14,17,30H,15-16,18H2,(H,27,29,31). The SMILES string of the molecule is O=C(Cc1ccccc1)Nc1ncc(-c2ccc(CO)cc2)nc1Cc1ccccc1. The van der Waals surface area contributed by atoms with E-state index in [1.807, 2.05) is 84.9 Å². The van der Waals surface area contributed by atoms with Crippen molar-refractivity contribution in [2.75, 3.05) is 5.32 Å². The molecule has 0 aliphatic carbocycles. The van der Waals surface area contributed by atoms with Crippen LogP contribution in [0.15, 0.2) is 91.1 Å². The minimum absolute atomic E-state index is 0.00238. The van der Waals surface area contributed by atoms with Crippen LogP contribution in [0.25, 0.3) is 11.3 Å². The third-order valence-electron chi connectivity index (χ3n) is 4.96. The Morgan fingerprint density at radius 2 is 1.45 bits per heavy atom. The Hall–Kier alpha value is -3.83. The molecule has 1 aromatic heterocycles. The molecule has 0 aliphatic rings. The fourth-order valence-corrected chi connectivity index (χ4v) is 3.32. The molecule has 154 valence electrons. The molecule has 31 heavy (non-hydrogen) atoms. The van der Waals surface area contributed by atoms with Gasteiger partial charge in [-0.2, -0.15) is 0 Å². The molecule has 0 radical (unpaired) electrons. The molecule has 0 saturated carbocycles. The van der Waals surface area contributed by atoms with Crippen molar-refractivity contribution in [2.24, 2.45) is 0 Å². The Morgan fingerprint density at radius 3 is 2.10 bits per heavy atom. The molecular weight excluding hydrogens is 386 g/mol. The molecular formula is C26H23N3O2. The van der Waals surface area contributed by atoms with Crippen molar-refractivity contribution in [1.82, 2.24) is 9.97 Å². The van der Waals surface area contributed by atoms with Gasteiger partial charge in [0.2, 0.25) is 5.91 Å². The quantitative estimate of drug-likeness (QED) is 0.474. The molecule has 0 bridgehead atoms. The van der Waals surface area contributed by atoms with Gasteiger partial charge in [0.25, 0.3) is 0 Å². The first kappa shape index (κ1) is 20.4. The number of rotatable bonds is 7. The van der Waals surface area contributed by atoms with E-state index in [9.17, 15) is 9.90 Å². The van der Waals surface area contributed by atoms with Crippen molar-refractivity contribution >= 4 is 11.7 Å². The van der Waals surface area contributed by atoms with Crippen LogP contribution in [-0.2, 0) is 24.2 Å². The number of aliphatic hydroxyl groups is 1. The Kier molecular flexibility index (Phi) is 6.45. The van der Waals surface area contributed by atoms with Gasteiger partial charge in [-0.05, 0) is 16.7 Å². The Balaban J connectivity index is 1.62. The fourth-order valence-electron chi connectivity index (χ4n) is 3.32. The Bertz CT molecular complexity index is 1140. The summed E-state index contributed by atoms with van der Waals surface area (Å²) in [6, 6.07) is 27.2. The molecule has 0 fully saturated rings. The highest BCUT2D eigenvalue weighted by Gasteiger charge is 2.13. The first-order chi connectivity index (χ1) is 15.2. The van der Waals surface area contributed by atoms with Gasteiger partial charge >= 0.3 is 0 Å². The number of carbonyl (C=O) groups excluding carboxylic acids is 1. The van der Waals surface area contributed by atoms with Crippen LogP contribution >= 0.6 is 0 Å².